The van der Waals surface area contributed by atoms with E-state index in [4.69, 9.17) is 12.2 Å². The summed E-state index contributed by atoms with van der Waals surface area (Å²) in [6, 6.07) is 7.03. The fourth-order valence-corrected chi connectivity index (χ4v) is 4.00. The molecule has 1 aliphatic rings. The monoisotopic (exact) mass is 414 g/mol. The number of benzene rings is 1. The van der Waals surface area contributed by atoms with Crippen molar-refractivity contribution < 1.29 is 5.21 Å². The van der Waals surface area contributed by atoms with Gasteiger partial charge in [-0.3, -0.25) is 5.21 Å². The van der Waals surface area contributed by atoms with Crippen molar-refractivity contribution in [3.63, 3.8) is 0 Å². The van der Waals surface area contributed by atoms with Crippen LogP contribution in [0.5, 0.6) is 0 Å². The van der Waals surface area contributed by atoms with Gasteiger partial charge in [0, 0.05) is 29.8 Å². The van der Waals surface area contributed by atoms with Crippen LogP contribution in [0.15, 0.2) is 36.4 Å². The average Bonchev–Trinajstić information content (AvgIpc) is 3.23. The number of thiocarbonyl (C=S) groups is 1. The molecule has 0 bridgehead atoms. The molecule has 3 rings (SSSR count). The van der Waals surface area contributed by atoms with Gasteiger partial charge in [-0.05, 0) is 50.5 Å². The van der Waals surface area contributed by atoms with E-state index >= 15 is 0 Å². The van der Waals surface area contributed by atoms with Gasteiger partial charge < -0.3 is 21.1 Å². The van der Waals surface area contributed by atoms with Crippen LogP contribution in [0.2, 0.25) is 0 Å². The van der Waals surface area contributed by atoms with Crippen LogP contribution in [0.4, 0.5) is 5.69 Å². The van der Waals surface area contributed by atoms with E-state index in [1.165, 1.54) is 0 Å². The Balaban J connectivity index is 1.77. The summed E-state index contributed by atoms with van der Waals surface area (Å²) in [6.45, 7) is 9.09. The second kappa shape index (κ2) is 8.94. The zero-order valence-corrected chi connectivity index (χ0v) is 18.0. The molecular formula is C21H28N5O2S-. The Hall–Kier alpha value is -2.42. The number of hydrogen-bond donors (Lipinski definition) is 3. The van der Waals surface area contributed by atoms with Crippen LogP contribution < -0.4 is 15.9 Å². The van der Waals surface area contributed by atoms with E-state index in [9.17, 15) is 10.4 Å². The van der Waals surface area contributed by atoms with Crippen molar-refractivity contribution in [3.8, 4) is 5.69 Å². The lowest BCUT2D eigenvalue weighted by Crippen LogP contribution is -2.41. The highest BCUT2D eigenvalue weighted by atomic mass is 32.1. The highest BCUT2D eigenvalue weighted by Gasteiger charge is 2.27. The number of anilines is 1. The van der Waals surface area contributed by atoms with E-state index in [1.54, 1.807) is 22.9 Å². The number of nitrogens with zero attached hydrogens (tertiary/aromatic N) is 3. The highest BCUT2D eigenvalue weighted by Crippen LogP contribution is 2.35. The standard InChI is InChI=1S/C21H28N5O2S/c1-13(2)12-22-21(29)23-17-10-9-16(11-17)20-14(3)24-25(15(20)4)18-7-5-6-8-19(18)26(27)28/h5-10,13,16-17,27H,11-12H2,1-4H3,(H2,22,23,29)/q-1/t16-,17+/m0/s1. The highest BCUT2D eigenvalue weighted by molar-refractivity contribution is 7.80. The van der Waals surface area contributed by atoms with Gasteiger partial charge >= 0.3 is 0 Å². The Morgan fingerprint density at radius 2 is 2.07 bits per heavy atom. The number of allylic oxidation sites excluding steroid dienone is 1. The van der Waals surface area contributed by atoms with Crippen LogP contribution in [0, 0.1) is 25.0 Å². The summed E-state index contributed by atoms with van der Waals surface area (Å²) in [5.41, 5.74) is 3.70. The maximum atomic E-state index is 11.5. The number of aryl methyl sites for hydroxylation is 1. The van der Waals surface area contributed by atoms with Gasteiger partial charge in [-0.1, -0.05) is 38.1 Å². The molecule has 2 atom stereocenters. The smallest absolute Gasteiger partial charge is 0.166 e. The van der Waals surface area contributed by atoms with Gasteiger partial charge in [0.05, 0.1) is 17.1 Å². The largest absolute Gasteiger partial charge is 0.733 e. The summed E-state index contributed by atoms with van der Waals surface area (Å²) in [5, 5.41) is 32.8. The molecule has 2 aromatic rings. The van der Waals surface area contributed by atoms with Crippen molar-refractivity contribution in [1.82, 2.24) is 20.4 Å². The fraction of sp³-hybridized carbons (Fsp3) is 0.429. The molecule has 156 valence electrons. The Morgan fingerprint density at radius 1 is 1.34 bits per heavy atom. The van der Waals surface area contributed by atoms with Crippen LogP contribution in [0.3, 0.4) is 0 Å². The van der Waals surface area contributed by atoms with Gasteiger partial charge in [0.1, 0.15) is 0 Å². The predicted molar refractivity (Wildman–Crippen MR) is 120 cm³/mol. The number of hydrogen-bond acceptors (Lipinski definition) is 5. The third-order valence-electron chi connectivity index (χ3n) is 5.11. The van der Waals surface area contributed by atoms with E-state index in [2.05, 4.69) is 41.7 Å². The second-order valence-electron chi connectivity index (χ2n) is 7.84. The number of nitrogens with one attached hydrogen (secondary N) is 2. The first-order valence-electron chi connectivity index (χ1n) is 9.82. The molecule has 0 saturated carbocycles. The van der Waals surface area contributed by atoms with Crippen molar-refractivity contribution in [2.75, 3.05) is 11.8 Å². The van der Waals surface area contributed by atoms with Gasteiger partial charge in [0.25, 0.3) is 0 Å². The Morgan fingerprint density at radius 3 is 2.76 bits per heavy atom. The molecule has 0 unspecified atom stereocenters. The zero-order chi connectivity index (χ0) is 21.1. The van der Waals surface area contributed by atoms with Gasteiger partial charge in [-0.15, -0.1) is 0 Å². The van der Waals surface area contributed by atoms with E-state index < -0.39 is 0 Å². The second-order valence-corrected chi connectivity index (χ2v) is 8.25. The summed E-state index contributed by atoms with van der Waals surface area (Å²) < 4.78 is 1.73. The Bertz CT molecular complexity index is 906. The molecule has 1 aliphatic carbocycles. The van der Waals surface area contributed by atoms with Crippen molar-refractivity contribution in [3.05, 3.63) is 58.6 Å². The third kappa shape index (κ3) is 4.77. The Labute approximate surface area is 176 Å². The molecule has 1 heterocycles. The fourth-order valence-electron chi connectivity index (χ4n) is 3.77. The topological polar surface area (TPSA) is 88.4 Å². The summed E-state index contributed by atoms with van der Waals surface area (Å²) in [4.78, 5) is 0. The lowest BCUT2D eigenvalue weighted by molar-refractivity contribution is 0.296. The van der Waals surface area contributed by atoms with E-state index in [0.29, 0.717) is 16.7 Å². The number of aromatic nitrogens is 2. The predicted octanol–water partition coefficient (Wildman–Crippen LogP) is 3.71. The first-order chi connectivity index (χ1) is 13.8. The lowest BCUT2D eigenvalue weighted by Gasteiger charge is -2.24. The molecule has 0 spiro atoms. The minimum atomic E-state index is -0.119. The lowest BCUT2D eigenvalue weighted by atomic mass is 9.96. The first kappa shape index (κ1) is 21.3. The van der Waals surface area contributed by atoms with Gasteiger partial charge in [-0.2, -0.15) is 5.10 Å². The molecule has 0 amide bonds. The van der Waals surface area contributed by atoms with Crippen molar-refractivity contribution in [2.24, 2.45) is 5.92 Å². The summed E-state index contributed by atoms with van der Waals surface area (Å²) in [5.74, 6) is 0.739. The van der Waals surface area contributed by atoms with E-state index in [-0.39, 0.29) is 22.9 Å². The molecule has 0 aliphatic heterocycles. The minimum absolute atomic E-state index is 0.119. The maximum absolute atomic E-state index is 11.5. The quantitative estimate of drug-likeness (QED) is 0.377. The molecule has 0 fully saturated rings. The first-order valence-corrected chi connectivity index (χ1v) is 10.2. The molecule has 1 aromatic carbocycles. The summed E-state index contributed by atoms with van der Waals surface area (Å²) in [6.07, 6.45) is 5.21. The molecule has 7 nitrogen and oxygen atoms in total. The summed E-state index contributed by atoms with van der Waals surface area (Å²) in [7, 11) is 0. The van der Waals surface area contributed by atoms with E-state index in [0.717, 1.165) is 29.9 Å². The number of rotatable bonds is 6. The molecule has 0 radical (unpaired) electrons. The number of para-hydroxylation sites is 2. The van der Waals surface area contributed by atoms with Crippen molar-refractivity contribution in [1.29, 1.82) is 0 Å². The normalized spacial score (nSPS) is 18.3. The minimum Gasteiger partial charge on any atom is -0.733 e. The SMILES string of the molecule is Cc1nn(-c2ccccc2N([O-])O)c(C)c1[C@H]1C=C[C@@H](NC(=S)NCC(C)C)C1. The van der Waals surface area contributed by atoms with Gasteiger partial charge in [-0.25, -0.2) is 4.68 Å². The van der Waals surface area contributed by atoms with Crippen LogP contribution in [0.25, 0.3) is 5.69 Å². The van der Waals surface area contributed by atoms with Crippen LogP contribution in [0.1, 0.15) is 43.1 Å². The third-order valence-corrected chi connectivity index (χ3v) is 5.37. The molecule has 0 saturated heterocycles. The van der Waals surface area contributed by atoms with Gasteiger partial charge in [0.15, 0.2) is 5.11 Å². The molecule has 1 aromatic heterocycles. The van der Waals surface area contributed by atoms with Gasteiger partial charge in [0.2, 0.25) is 0 Å². The van der Waals surface area contributed by atoms with Crippen molar-refractivity contribution in [2.45, 2.75) is 46.1 Å². The molecular weight excluding hydrogens is 386 g/mol. The van der Waals surface area contributed by atoms with Crippen LogP contribution >= 0.6 is 12.2 Å². The maximum Gasteiger partial charge on any atom is 0.166 e. The van der Waals surface area contributed by atoms with Crippen LogP contribution in [-0.2, 0) is 0 Å². The molecule has 29 heavy (non-hydrogen) atoms. The summed E-state index contributed by atoms with van der Waals surface area (Å²) >= 11 is 5.39. The van der Waals surface area contributed by atoms with Crippen LogP contribution in [-0.4, -0.2) is 32.7 Å². The molecule has 3 N–H and O–H groups in total. The van der Waals surface area contributed by atoms with Crippen molar-refractivity contribution >= 4 is 23.0 Å². The zero-order valence-electron chi connectivity index (χ0n) is 17.2. The Kier molecular flexibility index (Phi) is 6.56. The molecule has 8 heteroatoms. The average molecular weight is 415 g/mol. The van der Waals surface area contributed by atoms with E-state index in [1.807, 2.05) is 19.9 Å².